The van der Waals surface area contributed by atoms with Crippen molar-refractivity contribution < 1.29 is 17.6 Å². The Labute approximate surface area is 135 Å². The van der Waals surface area contributed by atoms with Gasteiger partial charge in [0.1, 0.15) is 11.5 Å². The average molecular weight is 337 g/mol. The predicted octanol–water partition coefficient (Wildman–Crippen LogP) is 5.32. The van der Waals surface area contributed by atoms with Crippen molar-refractivity contribution in [3.8, 4) is 11.3 Å². The van der Waals surface area contributed by atoms with E-state index >= 15 is 0 Å². The van der Waals surface area contributed by atoms with Crippen LogP contribution in [0.4, 0.5) is 13.2 Å². The Kier molecular flexibility index (Phi) is 4.54. The van der Waals surface area contributed by atoms with Crippen LogP contribution >= 0.6 is 11.3 Å². The number of hydrogen-bond donors (Lipinski definition) is 1. The molecule has 2 nitrogen and oxygen atoms in total. The van der Waals surface area contributed by atoms with Gasteiger partial charge < -0.3 is 9.73 Å². The van der Waals surface area contributed by atoms with Gasteiger partial charge in [0.25, 0.3) is 0 Å². The summed E-state index contributed by atoms with van der Waals surface area (Å²) >= 11 is 1.66. The fraction of sp³-hybridized carbons (Fsp3) is 0.176. The van der Waals surface area contributed by atoms with E-state index in [-0.39, 0.29) is 0 Å². The summed E-state index contributed by atoms with van der Waals surface area (Å²) in [5, 5.41) is 5.25. The van der Waals surface area contributed by atoms with E-state index in [1.807, 2.05) is 17.5 Å². The molecule has 0 aliphatic rings. The number of benzene rings is 1. The molecule has 0 aliphatic heterocycles. The summed E-state index contributed by atoms with van der Waals surface area (Å²) in [4.78, 5) is 1.22. The summed E-state index contributed by atoms with van der Waals surface area (Å²) < 4.78 is 43.9. The zero-order chi connectivity index (χ0) is 16.3. The highest BCUT2D eigenvalue weighted by atomic mass is 32.1. The topological polar surface area (TPSA) is 25.2 Å². The molecule has 6 heteroatoms. The van der Waals surface area contributed by atoms with Crippen LogP contribution in [0, 0.1) is 0 Å². The second-order valence-corrected chi connectivity index (χ2v) is 6.06. The van der Waals surface area contributed by atoms with Crippen LogP contribution in [0.15, 0.2) is 58.3 Å². The maximum Gasteiger partial charge on any atom is 0.416 e. The van der Waals surface area contributed by atoms with Gasteiger partial charge in [-0.2, -0.15) is 13.2 Å². The van der Waals surface area contributed by atoms with Crippen molar-refractivity contribution in [1.82, 2.24) is 5.32 Å². The standard InChI is InChI=1S/C17H14F3NOS/c18-17(19,20)13-4-1-3-12(9-13)16-7-6-14(22-16)10-21-11-15-5-2-8-23-15/h1-9,21H,10-11H2. The van der Waals surface area contributed by atoms with Crippen molar-refractivity contribution in [3.05, 3.63) is 70.1 Å². The van der Waals surface area contributed by atoms with E-state index in [9.17, 15) is 13.2 Å². The van der Waals surface area contributed by atoms with E-state index in [0.29, 0.717) is 23.6 Å². The first-order chi connectivity index (χ1) is 11.0. The van der Waals surface area contributed by atoms with Gasteiger partial charge in [-0.05, 0) is 35.7 Å². The molecule has 0 fully saturated rings. The Morgan fingerprint density at radius 2 is 1.87 bits per heavy atom. The van der Waals surface area contributed by atoms with Crippen LogP contribution in [0.3, 0.4) is 0 Å². The van der Waals surface area contributed by atoms with E-state index < -0.39 is 11.7 Å². The van der Waals surface area contributed by atoms with Gasteiger partial charge in [0.15, 0.2) is 0 Å². The summed E-state index contributed by atoms with van der Waals surface area (Å²) in [6.45, 7) is 1.26. The fourth-order valence-electron chi connectivity index (χ4n) is 2.20. The third-order valence-corrected chi connectivity index (χ3v) is 4.19. The molecule has 2 aromatic heterocycles. The molecule has 1 aromatic carbocycles. The Morgan fingerprint density at radius 1 is 1.00 bits per heavy atom. The number of thiophene rings is 1. The molecule has 1 N–H and O–H groups in total. The van der Waals surface area contributed by atoms with Crippen molar-refractivity contribution in [2.75, 3.05) is 0 Å². The second kappa shape index (κ2) is 6.60. The lowest BCUT2D eigenvalue weighted by molar-refractivity contribution is -0.137. The van der Waals surface area contributed by atoms with E-state index in [2.05, 4.69) is 5.32 Å². The predicted molar refractivity (Wildman–Crippen MR) is 84.0 cm³/mol. The summed E-state index contributed by atoms with van der Waals surface area (Å²) in [5.74, 6) is 1.12. The number of furan rings is 1. The lowest BCUT2D eigenvalue weighted by Crippen LogP contribution is -2.10. The van der Waals surface area contributed by atoms with Crippen molar-refractivity contribution in [2.24, 2.45) is 0 Å². The van der Waals surface area contributed by atoms with Crippen LogP contribution in [0.2, 0.25) is 0 Å². The highest BCUT2D eigenvalue weighted by molar-refractivity contribution is 7.09. The maximum absolute atomic E-state index is 12.8. The zero-order valence-electron chi connectivity index (χ0n) is 12.1. The highest BCUT2D eigenvalue weighted by Gasteiger charge is 2.30. The van der Waals surface area contributed by atoms with Gasteiger partial charge in [0.05, 0.1) is 12.1 Å². The van der Waals surface area contributed by atoms with Crippen LogP contribution in [0.25, 0.3) is 11.3 Å². The number of halogens is 3. The number of nitrogens with one attached hydrogen (secondary N) is 1. The van der Waals surface area contributed by atoms with Gasteiger partial charge in [-0.1, -0.05) is 18.2 Å². The third-order valence-electron chi connectivity index (χ3n) is 3.31. The molecular weight excluding hydrogens is 323 g/mol. The smallest absolute Gasteiger partial charge is 0.416 e. The molecular formula is C17H14F3NOS. The SMILES string of the molecule is FC(F)(F)c1cccc(-c2ccc(CNCc3cccs3)o2)c1. The van der Waals surface area contributed by atoms with Crippen molar-refractivity contribution in [2.45, 2.75) is 19.3 Å². The molecule has 0 atom stereocenters. The van der Waals surface area contributed by atoms with Crippen molar-refractivity contribution in [1.29, 1.82) is 0 Å². The molecule has 2 heterocycles. The normalized spacial score (nSPS) is 11.8. The molecule has 0 amide bonds. The minimum Gasteiger partial charge on any atom is -0.460 e. The van der Waals surface area contributed by atoms with Gasteiger partial charge in [0, 0.05) is 17.0 Å². The Hall–Kier alpha value is -2.05. The van der Waals surface area contributed by atoms with Crippen LogP contribution < -0.4 is 5.32 Å². The maximum atomic E-state index is 12.8. The van der Waals surface area contributed by atoms with E-state index in [1.54, 1.807) is 29.5 Å². The first-order valence-corrected chi connectivity index (χ1v) is 7.90. The van der Waals surface area contributed by atoms with Crippen LogP contribution in [0.1, 0.15) is 16.2 Å². The lowest BCUT2D eigenvalue weighted by Gasteiger charge is -2.07. The summed E-state index contributed by atoms with van der Waals surface area (Å²) in [6.07, 6.45) is -4.35. The first-order valence-electron chi connectivity index (χ1n) is 7.02. The van der Waals surface area contributed by atoms with Gasteiger partial charge in [-0.15, -0.1) is 11.3 Å². The minimum atomic E-state index is -4.35. The second-order valence-electron chi connectivity index (χ2n) is 5.03. The molecule has 120 valence electrons. The Bertz CT molecular complexity index is 762. The summed E-state index contributed by atoms with van der Waals surface area (Å²) in [6, 6.07) is 12.6. The van der Waals surface area contributed by atoms with Gasteiger partial charge in [-0.3, -0.25) is 0 Å². The minimum absolute atomic E-state index is 0.421. The van der Waals surface area contributed by atoms with Crippen LogP contribution in [0.5, 0.6) is 0 Å². The molecule has 3 aromatic rings. The lowest BCUT2D eigenvalue weighted by atomic mass is 10.1. The number of hydrogen-bond acceptors (Lipinski definition) is 3. The monoisotopic (exact) mass is 337 g/mol. The molecule has 0 radical (unpaired) electrons. The van der Waals surface area contributed by atoms with Crippen molar-refractivity contribution >= 4 is 11.3 Å². The molecule has 0 spiro atoms. The molecule has 0 bridgehead atoms. The molecule has 0 aliphatic carbocycles. The van der Waals surface area contributed by atoms with Gasteiger partial charge >= 0.3 is 6.18 Å². The quantitative estimate of drug-likeness (QED) is 0.682. The molecule has 23 heavy (non-hydrogen) atoms. The molecule has 0 saturated carbocycles. The zero-order valence-corrected chi connectivity index (χ0v) is 12.9. The first kappa shape index (κ1) is 15.8. The van der Waals surface area contributed by atoms with Crippen LogP contribution in [-0.2, 0) is 19.3 Å². The summed E-state index contributed by atoms with van der Waals surface area (Å²) in [5.41, 5.74) is -0.256. The number of rotatable bonds is 5. The number of alkyl halides is 3. The van der Waals surface area contributed by atoms with E-state index in [4.69, 9.17) is 4.42 Å². The molecule has 0 unspecified atom stereocenters. The van der Waals surface area contributed by atoms with Crippen LogP contribution in [-0.4, -0.2) is 0 Å². The Balaban J connectivity index is 1.67. The molecule has 0 saturated heterocycles. The van der Waals surface area contributed by atoms with E-state index in [1.165, 1.54) is 10.9 Å². The largest absolute Gasteiger partial charge is 0.460 e. The highest BCUT2D eigenvalue weighted by Crippen LogP contribution is 2.32. The third kappa shape index (κ3) is 4.03. The average Bonchev–Trinajstić information content (AvgIpc) is 3.18. The Morgan fingerprint density at radius 3 is 2.61 bits per heavy atom. The summed E-state index contributed by atoms with van der Waals surface area (Å²) in [7, 11) is 0. The molecule has 3 rings (SSSR count). The van der Waals surface area contributed by atoms with Gasteiger partial charge in [0.2, 0.25) is 0 Å². The fourth-order valence-corrected chi connectivity index (χ4v) is 2.87. The van der Waals surface area contributed by atoms with Crippen molar-refractivity contribution in [3.63, 3.8) is 0 Å². The van der Waals surface area contributed by atoms with Gasteiger partial charge in [-0.25, -0.2) is 0 Å². The van der Waals surface area contributed by atoms with E-state index in [0.717, 1.165) is 18.7 Å².